The summed E-state index contributed by atoms with van der Waals surface area (Å²) in [5.74, 6) is 0.367. The molecule has 1 N–H and O–H groups in total. The summed E-state index contributed by atoms with van der Waals surface area (Å²) in [5.41, 5.74) is 1.79. The molecule has 0 saturated carbocycles. The van der Waals surface area contributed by atoms with E-state index in [0.717, 1.165) is 26.1 Å². The number of nitrogens with zero attached hydrogens (tertiary/aromatic N) is 3. The van der Waals surface area contributed by atoms with Gasteiger partial charge in [0.15, 0.2) is 0 Å². The lowest BCUT2D eigenvalue weighted by atomic mass is 10.1. The molecule has 0 bridgehead atoms. The van der Waals surface area contributed by atoms with Gasteiger partial charge in [0.1, 0.15) is 11.3 Å². The first-order valence-electron chi connectivity index (χ1n) is 9.76. The van der Waals surface area contributed by atoms with Crippen LogP contribution in [0.1, 0.15) is 15.9 Å². The highest BCUT2D eigenvalue weighted by atomic mass is 16.5. The number of carbonyl (C=O) groups is 1. The fourth-order valence-corrected chi connectivity index (χ4v) is 3.73. The Morgan fingerprint density at radius 3 is 2.62 bits per heavy atom. The van der Waals surface area contributed by atoms with Crippen LogP contribution in [0.2, 0.25) is 0 Å². The molecule has 7 nitrogen and oxygen atoms in total. The molecule has 3 aromatic rings. The van der Waals surface area contributed by atoms with Crippen molar-refractivity contribution in [1.82, 2.24) is 19.8 Å². The molecule has 0 atom stereocenters. The van der Waals surface area contributed by atoms with E-state index in [0.29, 0.717) is 29.7 Å². The lowest BCUT2D eigenvalue weighted by Gasteiger charge is -2.34. The Morgan fingerprint density at radius 1 is 1.14 bits per heavy atom. The molecule has 2 aromatic heterocycles. The molecule has 0 radical (unpaired) electrons. The van der Waals surface area contributed by atoms with Crippen molar-refractivity contribution in [2.45, 2.75) is 6.42 Å². The average Bonchev–Trinajstić information content (AvgIpc) is 2.78. The summed E-state index contributed by atoms with van der Waals surface area (Å²) in [6.07, 6.45) is 6.08. The molecule has 1 aromatic carbocycles. The van der Waals surface area contributed by atoms with Crippen LogP contribution in [-0.2, 0) is 6.42 Å². The lowest BCUT2D eigenvalue weighted by molar-refractivity contribution is 0.0637. The number of para-hydroxylation sites is 1. The standard InChI is InChI=1S/C22H24N4O3/c1-29-19-4-2-3-17-20(19)24-15-18(21(17)27)22(28)26-13-11-25(12-14-26)10-7-16-5-8-23-9-6-16/h2-6,8-9,15H,7,10-14H2,1H3,(H,24,27). The maximum absolute atomic E-state index is 13.0. The van der Waals surface area contributed by atoms with Crippen molar-refractivity contribution in [3.05, 3.63) is 70.3 Å². The number of fused-ring (bicyclic) bond motifs is 1. The van der Waals surface area contributed by atoms with E-state index in [4.69, 9.17) is 4.74 Å². The van der Waals surface area contributed by atoms with Crippen LogP contribution in [0, 0.1) is 0 Å². The Bertz CT molecular complexity index is 1060. The minimum atomic E-state index is -0.261. The van der Waals surface area contributed by atoms with Gasteiger partial charge >= 0.3 is 0 Å². The molecule has 1 aliphatic heterocycles. The van der Waals surface area contributed by atoms with Gasteiger partial charge in [0.2, 0.25) is 5.43 Å². The van der Waals surface area contributed by atoms with Crippen LogP contribution in [0.3, 0.4) is 0 Å². The molecule has 7 heteroatoms. The highest BCUT2D eigenvalue weighted by Crippen LogP contribution is 2.21. The van der Waals surface area contributed by atoms with Crippen LogP contribution in [0.5, 0.6) is 5.75 Å². The average molecular weight is 392 g/mol. The molecule has 0 spiro atoms. The van der Waals surface area contributed by atoms with Gasteiger partial charge in [0.05, 0.1) is 18.0 Å². The fraction of sp³-hybridized carbons (Fsp3) is 0.318. The molecule has 1 aliphatic rings. The largest absolute Gasteiger partial charge is 0.495 e. The second kappa shape index (κ2) is 8.45. The quantitative estimate of drug-likeness (QED) is 0.718. The van der Waals surface area contributed by atoms with Crippen LogP contribution >= 0.6 is 0 Å². The maximum Gasteiger partial charge on any atom is 0.259 e. The van der Waals surface area contributed by atoms with Crippen molar-refractivity contribution in [2.24, 2.45) is 0 Å². The van der Waals surface area contributed by atoms with Gasteiger partial charge in [-0.15, -0.1) is 0 Å². The number of aromatic amines is 1. The minimum absolute atomic E-state index is 0.177. The second-order valence-electron chi connectivity index (χ2n) is 7.15. The van der Waals surface area contributed by atoms with E-state index in [1.807, 2.05) is 24.5 Å². The topological polar surface area (TPSA) is 78.5 Å². The number of hydrogen-bond donors (Lipinski definition) is 1. The van der Waals surface area contributed by atoms with Crippen LogP contribution in [-0.4, -0.2) is 65.5 Å². The Labute approximate surface area is 168 Å². The Balaban J connectivity index is 1.42. The number of hydrogen-bond acceptors (Lipinski definition) is 5. The van der Waals surface area contributed by atoms with Gasteiger partial charge in [0.25, 0.3) is 5.91 Å². The summed E-state index contributed by atoms with van der Waals surface area (Å²) >= 11 is 0. The van der Waals surface area contributed by atoms with E-state index in [9.17, 15) is 9.59 Å². The monoisotopic (exact) mass is 392 g/mol. The van der Waals surface area contributed by atoms with Crippen molar-refractivity contribution in [3.63, 3.8) is 0 Å². The summed E-state index contributed by atoms with van der Waals surface area (Å²) in [6.45, 7) is 3.78. The number of methoxy groups -OCH3 is 1. The number of pyridine rings is 2. The van der Waals surface area contributed by atoms with E-state index in [1.165, 1.54) is 11.8 Å². The first-order chi connectivity index (χ1) is 14.2. The predicted octanol–water partition coefficient (Wildman–Crippen LogP) is 1.93. The lowest BCUT2D eigenvalue weighted by Crippen LogP contribution is -2.49. The van der Waals surface area contributed by atoms with Crippen molar-refractivity contribution < 1.29 is 9.53 Å². The van der Waals surface area contributed by atoms with E-state index >= 15 is 0 Å². The van der Waals surface area contributed by atoms with Crippen LogP contribution in [0.25, 0.3) is 10.9 Å². The third kappa shape index (κ3) is 4.00. The predicted molar refractivity (Wildman–Crippen MR) is 111 cm³/mol. The summed E-state index contributed by atoms with van der Waals surface area (Å²) in [5, 5.41) is 0.464. The molecule has 29 heavy (non-hydrogen) atoms. The van der Waals surface area contributed by atoms with Gasteiger partial charge in [-0.05, 0) is 36.2 Å². The van der Waals surface area contributed by atoms with Gasteiger partial charge in [-0.25, -0.2) is 0 Å². The molecular formula is C22H24N4O3. The summed E-state index contributed by atoms with van der Waals surface area (Å²) in [4.78, 5) is 37.0. The van der Waals surface area contributed by atoms with Crippen molar-refractivity contribution in [3.8, 4) is 5.75 Å². The molecule has 4 rings (SSSR count). The Morgan fingerprint density at radius 2 is 1.90 bits per heavy atom. The van der Waals surface area contributed by atoms with E-state index < -0.39 is 0 Å². The highest BCUT2D eigenvalue weighted by molar-refractivity contribution is 5.98. The molecule has 1 amide bonds. The van der Waals surface area contributed by atoms with Gasteiger partial charge in [-0.2, -0.15) is 0 Å². The molecule has 0 aliphatic carbocycles. The number of rotatable bonds is 5. The molecule has 0 unspecified atom stereocenters. The SMILES string of the molecule is COc1cccc2c(=O)c(C(=O)N3CCN(CCc4ccncc4)CC3)c[nH]c12. The summed E-state index contributed by atoms with van der Waals surface area (Å²) in [7, 11) is 1.56. The van der Waals surface area contributed by atoms with Crippen molar-refractivity contribution >= 4 is 16.8 Å². The molecule has 150 valence electrons. The zero-order valence-electron chi connectivity index (χ0n) is 16.4. The zero-order valence-corrected chi connectivity index (χ0v) is 16.4. The highest BCUT2D eigenvalue weighted by Gasteiger charge is 2.24. The van der Waals surface area contributed by atoms with Gasteiger partial charge in [-0.1, -0.05) is 6.07 Å². The molecule has 1 fully saturated rings. The number of carbonyl (C=O) groups excluding carboxylic acids is 1. The zero-order chi connectivity index (χ0) is 20.2. The Hall–Kier alpha value is -3.19. The fourth-order valence-electron chi connectivity index (χ4n) is 3.73. The number of H-pyrrole nitrogens is 1. The van der Waals surface area contributed by atoms with Gasteiger partial charge in [0, 0.05) is 51.3 Å². The van der Waals surface area contributed by atoms with Gasteiger partial charge in [-0.3, -0.25) is 19.5 Å². The van der Waals surface area contributed by atoms with Crippen LogP contribution < -0.4 is 10.2 Å². The number of ether oxygens (including phenoxy) is 1. The number of piperazine rings is 1. The Kier molecular flexibility index (Phi) is 5.57. The summed E-state index contributed by atoms with van der Waals surface area (Å²) in [6, 6.07) is 9.31. The van der Waals surface area contributed by atoms with E-state index in [2.05, 4.69) is 14.9 Å². The number of amides is 1. The second-order valence-corrected chi connectivity index (χ2v) is 7.15. The van der Waals surface area contributed by atoms with Gasteiger partial charge < -0.3 is 14.6 Å². The van der Waals surface area contributed by atoms with Crippen molar-refractivity contribution in [2.75, 3.05) is 39.8 Å². The first-order valence-corrected chi connectivity index (χ1v) is 9.76. The smallest absolute Gasteiger partial charge is 0.259 e. The maximum atomic E-state index is 13.0. The van der Waals surface area contributed by atoms with Crippen LogP contribution in [0.4, 0.5) is 0 Å². The molecule has 1 saturated heterocycles. The van der Waals surface area contributed by atoms with Crippen LogP contribution in [0.15, 0.2) is 53.7 Å². The third-order valence-electron chi connectivity index (χ3n) is 5.45. The number of aromatic nitrogens is 2. The first kappa shape index (κ1) is 19.1. The minimum Gasteiger partial charge on any atom is -0.495 e. The third-order valence-corrected chi connectivity index (χ3v) is 5.45. The normalized spacial score (nSPS) is 14.9. The summed E-state index contributed by atoms with van der Waals surface area (Å²) < 4.78 is 5.29. The number of benzene rings is 1. The molecular weight excluding hydrogens is 368 g/mol. The number of nitrogens with one attached hydrogen (secondary N) is 1. The molecule has 3 heterocycles. The van der Waals surface area contributed by atoms with Crippen molar-refractivity contribution in [1.29, 1.82) is 0 Å². The van der Waals surface area contributed by atoms with E-state index in [-0.39, 0.29) is 16.9 Å². The van der Waals surface area contributed by atoms with E-state index in [1.54, 1.807) is 30.2 Å².